The molecule has 1 N–H and O–H groups in total. The monoisotopic (exact) mass is 326 g/mol. The smallest absolute Gasteiger partial charge is 0.254 e. The van der Waals surface area contributed by atoms with Crippen molar-refractivity contribution in [2.75, 3.05) is 13.2 Å². The molecule has 1 aromatic carbocycles. The first-order valence-electron chi connectivity index (χ1n) is 7.81. The van der Waals surface area contributed by atoms with Gasteiger partial charge in [-0.2, -0.15) is 0 Å². The molecule has 2 heterocycles. The van der Waals surface area contributed by atoms with Crippen LogP contribution in [0.3, 0.4) is 0 Å². The maximum atomic E-state index is 12.6. The molecule has 1 aliphatic rings. The highest BCUT2D eigenvalue weighted by molar-refractivity contribution is 5.94. The van der Waals surface area contributed by atoms with Gasteiger partial charge in [0, 0.05) is 24.5 Å². The Labute approximate surface area is 139 Å². The van der Waals surface area contributed by atoms with Crippen LogP contribution in [0.2, 0.25) is 0 Å². The van der Waals surface area contributed by atoms with E-state index in [1.165, 1.54) is 6.07 Å². The molecule has 124 valence electrons. The van der Waals surface area contributed by atoms with E-state index in [9.17, 15) is 14.7 Å². The maximum Gasteiger partial charge on any atom is 0.254 e. The van der Waals surface area contributed by atoms with E-state index in [1.54, 1.807) is 41.6 Å². The number of likely N-dealkylation sites (tertiary alicyclic amines) is 1. The lowest BCUT2D eigenvalue weighted by atomic mass is 10.2. The number of pyridine rings is 1. The van der Waals surface area contributed by atoms with Crippen molar-refractivity contribution in [3.63, 3.8) is 0 Å². The largest absolute Gasteiger partial charge is 0.507 e. The van der Waals surface area contributed by atoms with Crippen LogP contribution in [0.4, 0.5) is 0 Å². The van der Waals surface area contributed by atoms with Gasteiger partial charge in [0.1, 0.15) is 18.1 Å². The molecule has 6 heteroatoms. The Hall–Kier alpha value is -2.89. The molecule has 0 spiro atoms. The Morgan fingerprint density at radius 2 is 2.12 bits per heavy atom. The normalized spacial score (nSPS) is 16.8. The topological polar surface area (TPSA) is 79.7 Å². The van der Waals surface area contributed by atoms with Gasteiger partial charge in [-0.05, 0) is 37.1 Å². The molecule has 0 aliphatic carbocycles. The number of phenols is 1. The van der Waals surface area contributed by atoms with Crippen molar-refractivity contribution in [2.45, 2.75) is 18.9 Å². The minimum absolute atomic E-state index is 0.0463. The molecule has 0 unspecified atom stereocenters. The third-order valence-corrected chi connectivity index (χ3v) is 4.16. The third kappa shape index (κ3) is 3.22. The Balaban J connectivity index is 1.70. The first-order chi connectivity index (χ1) is 11.7. The first kappa shape index (κ1) is 16.0. The molecule has 3 rings (SSSR count). The number of carbonyl (C=O) groups is 2. The molecule has 0 bridgehead atoms. The number of aromatic hydroxyl groups is 1. The minimum atomic E-state index is -0.112. The second-order valence-electron chi connectivity index (χ2n) is 5.65. The van der Waals surface area contributed by atoms with Crippen LogP contribution in [0.1, 0.15) is 33.6 Å². The molecule has 1 aromatic heterocycles. The fraction of sp³-hybridized carbons (Fsp3) is 0.278. The summed E-state index contributed by atoms with van der Waals surface area (Å²) < 4.78 is 5.71. The number of aromatic nitrogens is 1. The number of ether oxygens (including phenoxy) is 1. The van der Waals surface area contributed by atoms with Gasteiger partial charge in [0.05, 0.1) is 11.6 Å². The Morgan fingerprint density at radius 1 is 1.33 bits per heavy atom. The van der Waals surface area contributed by atoms with Gasteiger partial charge in [0.2, 0.25) is 0 Å². The van der Waals surface area contributed by atoms with Crippen LogP contribution >= 0.6 is 0 Å². The third-order valence-electron chi connectivity index (χ3n) is 4.16. The second-order valence-corrected chi connectivity index (χ2v) is 5.65. The number of nitrogens with zero attached hydrogens (tertiary/aromatic N) is 2. The number of carbonyl (C=O) groups excluding carboxylic acids is 2. The molecule has 1 amide bonds. The van der Waals surface area contributed by atoms with Gasteiger partial charge in [-0.1, -0.05) is 6.07 Å². The highest BCUT2D eigenvalue weighted by Crippen LogP contribution is 2.27. The maximum absolute atomic E-state index is 12.6. The van der Waals surface area contributed by atoms with E-state index in [0.717, 1.165) is 12.8 Å². The average molecular weight is 326 g/mol. The number of hydrogen-bond donors (Lipinski definition) is 1. The van der Waals surface area contributed by atoms with Crippen LogP contribution in [0.5, 0.6) is 11.5 Å². The van der Waals surface area contributed by atoms with E-state index < -0.39 is 0 Å². The second kappa shape index (κ2) is 7.12. The van der Waals surface area contributed by atoms with Gasteiger partial charge in [0.25, 0.3) is 5.91 Å². The predicted octanol–water partition coefficient (Wildman–Crippen LogP) is 2.28. The van der Waals surface area contributed by atoms with E-state index in [2.05, 4.69) is 4.98 Å². The molecule has 6 nitrogen and oxygen atoms in total. The molecule has 1 fully saturated rings. The van der Waals surface area contributed by atoms with Crippen LogP contribution in [0.15, 0.2) is 42.7 Å². The Kier molecular flexibility index (Phi) is 4.74. The number of benzene rings is 1. The fourth-order valence-electron chi connectivity index (χ4n) is 2.90. The Morgan fingerprint density at radius 3 is 2.88 bits per heavy atom. The summed E-state index contributed by atoms with van der Waals surface area (Å²) in [4.78, 5) is 29.4. The molecule has 0 saturated carbocycles. The van der Waals surface area contributed by atoms with E-state index in [1.807, 2.05) is 0 Å². The SMILES string of the molecule is O=Cc1c(O)cccc1OC[C@@H]1CCCN1C(=O)c1ccncc1. The quantitative estimate of drug-likeness (QED) is 0.853. The lowest BCUT2D eigenvalue weighted by molar-refractivity contribution is 0.0690. The van der Waals surface area contributed by atoms with E-state index in [-0.39, 0.29) is 29.9 Å². The zero-order valence-corrected chi connectivity index (χ0v) is 13.1. The summed E-state index contributed by atoms with van der Waals surface area (Å²) >= 11 is 0. The number of rotatable bonds is 5. The van der Waals surface area contributed by atoms with Crippen LogP contribution in [0.25, 0.3) is 0 Å². The number of hydrogen-bond acceptors (Lipinski definition) is 5. The molecule has 2 aromatic rings. The highest BCUT2D eigenvalue weighted by atomic mass is 16.5. The fourth-order valence-corrected chi connectivity index (χ4v) is 2.90. The summed E-state index contributed by atoms with van der Waals surface area (Å²) in [7, 11) is 0. The van der Waals surface area contributed by atoms with Crippen molar-refractivity contribution in [1.29, 1.82) is 0 Å². The van der Waals surface area contributed by atoms with Crippen molar-refractivity contribution in [1.82, 2.24) is 9.88 Å². The Bertz CT molecular complexity index is 733. The molecule has 0 radical (unpaired) electrons. The van der Waals surface area contributed by atoms with Gasteiger partial charge in [-0.25, -0.2) is 0 Å². The van der Waals surface area contributed by atoms with Crippen molar-refractivity contribution < 1.29 is 19.4 Å². The summed E-state index contributed by atoms with van der Waals surface area (Å²) in [5, 5.41) is 9.69. The van der Waals surface area contributed by atoms with E-state index in [4.69, 9.17) is 4.74 Å². The van der Waals surface area contributed by atoms with Gasteiger partial charge >= 0.3 is 0 Å². The first-order valence-corrected chi connectivity index (χ1v) is 7.81. The van der Waals surface area contributed by atoms with E-state index >= 15 is 0 Å². The molecule has 24 heavy (non-hydrogen) atoms. The van der Waals surface area contributed by atoms with Gasteiger partial charge in [0.15, 0.2) is 6.29 Å². The van der Waals surface area contributed by atoms with Gasteiger partial charge in [-0.15, -0.1) is 0 Å². The van der Waals surface area contributed by atoms with Gasteiger partial charge < -0.3 is 14.7 Å². The number of phenolic OH excluding ortho intramolecular Hbond substituents is 1. The lowest BCUT2D eigenvalue weighted by Crippen LogP contribution is -2.39. The van der Waals surface area contributed by atoms with Crippen molar-refractivity contribution in [3.8, 4) is 11.5 Å². The summed E-state index contributed by atoms with van der Waals surface area (Å²) in [6.07, 6.45) is 5.51. The zero-order chi connectivity index (χ0) is 16.9. The van der Waals surface area contributed by atoms with Crippen LogP contribution < -0.4 is 4.74 Å². The van der Waals surface area contributed by atoms with Crippen molar-refractivity contribution >= 4 is 12.2 Å². The zero-order valence-electron chi connectivity index (χ0n) is 13.1. The molecule has 1 aliphatic heterocycles. The van der Waals surface area contributed by atoms with Crippen LogP contribution in [-0.2, 0) is 0 Å². The van der Waals surface area contributed by atoms with Crippen molar-refractivity contribution in [3.05, 3.63) is 53.9 Å². The summed E-state index contributed by atoms with van der Waals surface area (Å²) in [6.45, 7) is 0.955. The molecular weight excluding hydrogens is 308 g/mol. The summed E-state index contributed by atoms with van der Waals surface area (Å²) in [5.41, 5.74) is 0.727. The molecule has 1 saturated heterocycles. The summed E-state index contributed by atoms with van der Waals surface area (Å²) in [6, 6.07) is 8.01. The highest BCUT2D eigenvalue weighted by Gasteiger charge is 2.30. The van der Waals surface area contributed by atoms with E-state index in [0.29, 0.717) is 24.1 Å². The van der Waals surface area contributed by atoms with Crippen LogP contribution in [0, 0.1) is 0 Å². The average Bonchev–Trinajstić information content (AvgIpc) is 3.08. The molecule has 1 atom stereocenters. The number of aldehydes is 1. The number of amides is 1. The molecular formula is C18H18N2O4. The standard InChI is InChI=1S/C18H18N2O4/c21-11-15-16(22)4-1-5-17(15)24-12-14-3-2-10-20(14)18(23)13-6-8-19-9-7-13/h1,4-9,11,14,22H,2-3,10,12H2/t14-/m0/s1. The summed E-state index contributed by atoms with van der Waals surface area (Å²) in [5.74, 6) is 0.168. The van der Waals surface area contributed by atoms with Gasteiger partial charge in [-0.3, -0.25) is 14.6 Å². The van der Waals surface area contributed by atoms with Crippen LogP contribution in [-0.4, -0.2) is 46.4 Å². The minimum Gasteiger partial charge on any atom is -0.507 e. The lowest BCUT2D eigenvalue weighted by Gasteiger charge is -2.25. The van der Waals surface area contributed by atoms with Crippen molar-refractivity contribution in [2.24, 2.45) is 0 Å². The predicted molar refractivity (Wildman–Crippen MR) is 87.3 cm³/mol.